The van der Waals surface area contributed by atoms with Gasteiger partial charge in [-0.15, -0.1) is 0 Å². The summed E-state index contributed by atoms with van der Waals surface area (Å²) in [6, 6.07) is 0. The van der Waals surface area contributed by atoms with Gasteiger partial charge in [0.05, 0.1) is 15.7 Å². The van der Waals surface area contributed by atoms with Crippen molar-refractivity contribution in [2.24, 2.45) is 0 Å². The minimum Gasteiger partial charge on any atom is -0.493 e. The van der Waals surface area contributed by atoms with Gasteiger partial charge in [0.2, 0.25) is 0 Å². The molecule has 0 aliphatic heterocycles. The number of pyridine rings is 1. The highest BCUT2D eigenvalue weighted by molar-refractivity contribution is 14.1. The van der Waals surface area contributed by atoms with Gasteiger partial charge in [-0.25, -0.2) is 4.98 Å². The van der Waals surface area contributed by atoms with Crippen LogP contribution in [0, 0.1) is 3.57 Å². The largest absolute Gasteiger partial charge is 0.493 e. The number of nitrogens with zero attached hydrogens (tertiary/aromatic N) is 1. The highest BCUT2D eigenvalue weighted by Gasteiger charge is 2.37. The van der Waals surface area contributed by atoms with Gasteiger partial charge in [-0.05, 0) is 22.6 Å². The van der Waals surface area contributed by atoms with E-state index >= 15 is 0 Å². The second kappa shape index (κ2) is 4.09. The highest BCUT2D eigenvalue weighted by atomic mass is 127. The van der Waals surface area contributed by atoms with E-state index in [0.29, 0.717) is 0 Å². The number of methoxy groups -OCH3 is 1. The lowest BCUT2D eigenvalue weighted by Crippen LogP contribution is -2.11. The van der Waals surface area contributed by atoms with Crippen molar-refractivity contribution < 1.29 is 17.9 Å². The van der Waals surface area contributed by atoms with E-state index in [0.717, 1.165) is 13.3 Å². The Balaban J connectivity index is 3.39. The molecule has 0 radical (unpaired) electrons. The van der Waals surface area contributed by atoms with E-state index < -0.39 is 11.9 Å². The first kappa shape index (κ1) is 11.8. The van der Waals surface area contributed by atoms with Crippen molar-refractivity contribution in [2.45, 2.75) is 6.18 Å². The van der Waals surface area contributed by atoms with Crippen LogP contribution in [0.25, 0.3) is 0 Å². The fraction of sp³-hybridized carbons (Fsp3) is 0.286. The zero-order valence-electron chi connectivity index (χ0n) is 6.82. The second-order valence-corrected chi connectivity index (χ2v) is 3.79. The molecule has 0 spiro atoms. The zero-order chi connectivity index (χ0) is 10.9. The lowest BCUT2D eigenvalue weighted by Gasteiger charge is -2.12. The second-order valence-electron chi connectivity index (χ2n) is 2.30. The lowest BCUT2D eigenvalue weighted by molar-refractivity contribution is -0.142. The van der Waals surface area contributed by atoms with Crippen molar-refractivity contribution in [2.75, 3.05) is 7.11 Å². The molecule has 0 aliphatic carbocycles. The Morgan fingerprint density at radius 2 is 2.07 bits per heavy atom. The zero-order valence-corrected chi connectivity index (χ0v) is 9.74. The van der Waals surface area contributed by atoms with Crippen molar-refractivity contribution in [1.29, 1.82) is 0 Å². The van der Waals surface area contributed by atoms with Crippen molar-refractivity contribution in [1.82, 2.24) is 4.98 Å². The molecule has 1 rings (SSSR count). The van der Waals surface area contributed by atoms with E-state index in [1.165, 1.54) is 0 Å². The van der Waals surface area contributed by atoms with E-state index in [4.69, 9.17) is 11.6 Å². The van der Waals surface area contributed by atoms with Crippen LogP contribution in [0.3, 0.4) is 0 Å². The molecule has 0 saturated carbocycles. The molecule has 7 heteroatoms. The molecule has 0 aromatic carbocycles. The summed E-state index contributed by atoms with van der Waals surface area (Å²) >= 11 is 7.27. The van der Waals surface area contributed by atoms with Gasteiger partial charge in [-0.3, -0.25) is 0 Å². The summed E-state index contributed by atoms with van der Waals surface area (Å²) in [5.74, 6) is -0.342. The quantitative estimate of drug-likeness (QED) is 0.733. The van der Waals surface area contributed by atoms with E-state index in [1.807, 2.05) is 0 Å². The minimum absolute atomic E-state index is 0.135. The summed E-state index contributed by atoms with van der Waals surface area (Å²) < 4.78 is 41.9. The maximum atomic E-state index is 12.4. The van der Waals surface area contributed by atoms with Gasteiger partial charge in [0.1, 0.15) is 0 Å². The van der Waals surface area contributed by atoms with E-state index in [-0.39, 0.29) is 14.3 Å². The van der Waals surface area contributed by atoms with Crippen molar-refractivity contribution in [3.05, 3.63) is 20.5 Å². The number of halogens is 5. The highest BCUT2D eigenvalue weighted by Crippen LogP contribution is 2.39. The molecule has 0 bridgehead atoms. The first-order valence-electron chi connectivity index (χ1n) is 3.33. The fourth-order valence-corrected chi connectivity index (χ4v) is 1.59. The maximum absolute atomic E-state index is 12.4. The molecule has 1 aromatic heterocycles. The summed E-state index contributed by atoms with van der Waals surface area (Å²) in [4.78, 5) is 3.19. The van der Waals surface area contributed by atoms with Crippen LogP contribution in [0.5, 0.6) is 5.75 Å². The number of ether oxygens (including phenoxy) is 1. The fourth-order valence-electron chi connectivity index (χ4n) is 0.837. The molecule has 0 N–H and O–H groups in total. The number of hydrogen-bond acceptors (Lipinski definition) is 2. The maximum Gasteiger partial charge on any atom is 0.437 e. The summed E-state index contributed by atoms with van der Waals surface area (Å²) in [5.41, 5.74) is -1.06. The van der Waals surface area contributed by atoms with Gasteiger partial charge in [0.15, 0.2) is 11.4 Å². The minimum atomic E-state index is -4.53. The lowest BCUT2D eigenvalue weighted by atomic mass is 10.3. The van der Waals surface area contributed by atoms with Gasteiger partial charge >= 0.3 is 6.18 Å². The molecule has 1 heterocycles. The summed E-state index contributed by atoms with van der Waals surface area (Å²) in [7, 11) is 1.14. The van der Waals surface area contributed by atoms with Crippen LogP contribution in [0.15, 0.2) is 6.20 Å². The molecule has 0 aliphatic rings. The van der Waals surface area contributed by atoms with Gasteiger partial charge < -0.3 is 4.74 Å². The molecular formula is C7H4ClF3INO. The van der Waals surface area contributed by atoms with E-state index in [2.05, 4.69) is 9.72 Å². The van der Waals surface area contributed by atoms with Crippen LogP contribution in [-0.2, 0) is 6.18 Å². The monoisotopic (exact) mass is 337 g/mol. The molecule has 0 amide bonds. The Hall–Kier alpha value is -0.240. The van der Waals surface area contributed by atoms with Crippen LogP contribution >= 0.6 is 34.2 Å². The van der Waals surface area contributed by atoms with Crippen LogP contribution in [0.2, 0.25) is 5.02 Å². The average Bonchev–Trinajstić information content (AvgIpc) is 2.07. The predicted octanol–water partition coefficient (Wildman–Crippen LogP) is 3.37. The van der Waals surface area contributed by atoms with E-state index in [1.54, 1.807) is 22.6 Å². The standard InChI is InChI=1S/C7H4ClF3INO/c1-14-5-4(12)3(8)2-13-6(5)7(9,10)11/h2H,1H3. The molecule has 0 fully saturated rings. The van der Waals surface area contributed by atoms with Crippen LogP contribution in [-0.4, -0.2) is 12.1 Å². The summed E-state index contributed by atoms with van der Waals surface area (Å²) in [6.07, 6.45) is -3.58. The van der Waals surface area contributed by atoms with Crippen molar-refractivity contribution in [3.8, 4) is 5.75 Å². The van der Waals surface area contributed by atoms with Gasteiger partial charge in [-0.2, -0.15) is 13.2 Å². The number of alkyl halides is 3. The molecule has 0 saturated heterocycles. The first-order valence-corrected chi connectivity index (χ1v) is 4.78. The Bertz CT molecular complexity index is 356. The van der Waals surface area contributed by atoms with Crippen molar-refractivity contribution in [3.63, 3.8) is 0 Å². The molecular weight excluding hydrogens is 333 g/mol. The normalized spacial score (nSPS) is 11.6. The third-order valence-corrected chi connectivity index (χ3v) is 3.08. The Morgan fingerprint density at radius 3 is 2.50 bits per heavy atom. The average molecular weight is 337 g/mol. The number of aromatic nitrogens is 1. The van der Waals surface area contributed by atoms with Gasteiger partial charge in [0.25, 0.3) is 0 Å². The Morgan fingerprint density at radius 1 is 1.50 bits per heavy atom. The van der Waals surface area contributed by atoms with E-state index in [9.17, 15) is 13.2 Å². The molecule has 78 valence electrons. The van der Waals surface area contributed by atoms with Crippen molar-refractivity contribution >= 4 is 34.2 Å². The van der Waals surface area contributed by atoms with Gasteiger partial charge in [0, 0.05) is 6.20 Å². The summed E-state index contributed by atoms with van der Waals surface area (Å²) in [6.45, 7) is 0. The molecule has 0 unspecified atom stereocenters. The number of rotatable bonds is 1. The van der Waals surface area contributed by atoms with Gasteiger partial charge in [-0.1, -0.05) is 11.6 Å². The summed E-state index contributed by atoms with van der Waals surface area (Å²) in [5, 5.41) is 0.135. The van der Waals surface area contributed by atoms with Crippen LogP contribution in [0.1, 0.15) is 5.69 Å². The number of hydrogen-bond donors (Lipinski definition) is 0. The third-order valence-electron chi connectivity index (χ3n) is 1.40. The topological polar surface area (TPSA) is 22.1 Å². The van der Waals surface area contributed by atoms with Crippen LogP contribution in [0.4, 0.5) is 13.2 Å². The molecule has 0 atom stereocenters. The molecule has 14 heavy (non-hydrogen) atoms. The SMILES string of the molecule is COc1c(C(F)(F)F)ncc(Cl)c1I. The molecule has 2 nitrogen and oxygen atoms in total. The predicted molar refractivity (Wildman–Crippen MR) is 53.5 cm³/mol. The van der Waals surface area contributed by atoms with Crippen LogP contribution < -0.4 is 4.74 Å². The Labute approximate surface area is 96.6 Å². The smallest absolute Gasteiger partial charge is 0.437 e. The third kappa shape index (κ3) is 2.22. The first-order chi connectivity index (χ1) is 6.38. The molecule has 1 aromatic rings. The Kier molecular flexibility index (Phi) is 3.46.